The van der Waals surface area contributed by atoms with Crippen molar-refractivity contribution in [1.29, 1.82) is 0 Å². The molecule has 0 fully saturated rings. The van der Waals surface area contributed by atoms with Crippen molar-refractivity contribution in [1.82, 2.24) is 5.01 Å². The van der Waals surface area contributed by atoms with Crippen LogP contribution in [0.3, 0.4) is 0 Å². The van der Waals surface area contributed by atoms with Crippen molar-refractivity contribution in [3.8, 4) is 11.5 Å². The van der Waals surface area contributed by atoms with Gasteiger partial charge in [-0.3, -0.25) is 4.79 Å². The summed E-state index contributed by atoms with van der Waals surface area (Å²) in [6, 6.07) is 23.3. The molecule has 1 aliphatic heterocycles. The molecule has 3 aromatic carbocycles. The summed E-state index contributed by atoms with van der Waals surface area (Å²) in [6.45, 7) is 0.0734. The van der Waals surface area contributed by atoms with E-state index in [-0.39, 0.29) is 19.1 Å². The molecule has 0 spiro atoms. The summed E-state index contributed by atoms with van der Waals surface area (Å²) < 4.78 is 12.6. The van der Waals surface area contributed by atoms with Crippen molar-refractivity contribution in [2.45, 2.75) is 11.3 Å². The van der Waals surface area contributed by atoms with E-state index in [1.165, 1.54) is 16.3 Å². The normalized spacial score (nSPS) is 13.2. The van der Waals surface area contributed by atoms with Crippen molar-refractivity contribution >= 4 is 56.6 Å². The average molecular weight is 495 g/mol. The number of thioether (sulfide) groups is 1. The summed E-state index contributed by atoms with van der Waals surface area (Å²) in [5.74, 6) is 1.68. The van der Waals surface area contributed by atoms with E-state index in [0.29, 0.717) is 21.5 Å². The van der Waals surface area contributed by atoms with Crippen LogP contribution in [0.15, 0.2) is 82.8 Å². The number of carbonyl (C=O) groups is 1. The smallest absolute Gasteiger partial charge is 0.252 e. The van der Waals surface area contributed by atoms with E-state index in [2.05, 4.69) is 5.10 Å². The molecule has 1 aliphatic rings. The topological polar surface area (TPSA) is 51.1 Å². The molecule has 1 amide bonds. The zero-order valence-corrected chi connectivity index (χ0v) is 20.0. The molecule has 0 bridgehead atoms. The number of ether oxygens (including phenoxy) is 2. The molecule has 2 heterocycles. The highest BCUT2D eigenvalue weighted by atomic mass is 35.5. The summed E-state index contributed by atoms with van der Waals surface area (Å²) in [7, 11) is 0. The predicted octanol–water partition coefficient (Wildman–Crippen LogP) is 6.79. The first-order valence-electron chi connectivity index (χ1n) is 10.2. The third-order valence-corrected chi connectivity index (χ3v) is 7.52. The van der Waals surface area contributed by atoms with Gasteiger partial charge in [0.1, 0.15) is 16.4 Å². The Labute approximate surface area is 204 Å². The number of benzene rings is 3. The third kappa shape index (κ3) is 4.71. The fourth-order valence-electron chi connectivity index (χ4n) is 3.41. The predicted molar refractivity (Wildman–Crippen MR) is 135 cm³/mol. The first-order chi connectivity index (χ1) is 16.1. The highest BCUT2D eigenvalue weighted by Crippen LogP contribution is 2.39. The van der Waals surface area contributed by atoms with E-state index in [1.807, 2.05) is 79.1 Å². The molecule has 1 aromatic heterocycles. The van der Waals surface area contributed by atoms with Gasteiger partial charge in [-0.15, -0.1) is 28.2 Å². The highest BCUT2D eigenvalue weighted by molar-refractivity contribution is 7.98. The number of hydrazone groups is 1. The molecule has 0 atom stereocenters. The molecule has 166 valence electrons. The number of hydrogen-bond acceptors (Lipinski definition) is 6. The quantitative estimate of drug-likeness (QED) is 0.277. The van der Waals surface area contributed by atoms with Gasteiger partial charge in [0.25, 0.3) is 5.90 Å². The van der Waals surface area contributed by atoms with E-state index < -0.39 is 0 Å². The lowest BCUT2D eigenvalue weighted by Gasteiger charge is -2.09. The highest BCUT2D eigenvalue weighted by Gasteiger charge is 2.26. The Balaban J connectivity index is 1.34. The van der Waals surface area contributed by atoms with E-state index in [1.54, 1.807) is 11.8 Å². The Morgan fingerprint density at radius 1 is 1.12 bits per heavy atom. The van der Waals surface area contributed by atoms with Gasteiger partial charge in [-0.05, 0) is 54.3 Å². The van der Waals surface area contributed by atoms with Gasteiger partial charge in [0.15, 0.2) is 6.73 Å². The zero-order chi connectivity index (χ0) is 22.8. The summed E-state index contributed by atoms with van der Waals surface area (Å²) >= 11 is 9.83. The van der Waals surface area contributed by atoms with Crippen LogP contribution in [0.2, 0.25) is 5.02 Å². The molecule has 4 aromatic rings. The lowest BCUT2D eigenvalue weighted by molar-refractivity contribution is -0.132. The molecule has 33 heavy (non-hydrogen) atoms. The Bertz CT molecular complexity index is 1340. The van der Waals surface area contributed by atoms with E-state index in [4.69, 9.17) is 21.1 Å². The minimum atomic E-state index is -0.127. The van der Waals surface area contributed by atoms with Crippen LogP contribution in [0.1, 0.15) is 10.4 Å². The number of rotatable bonds is 6. The van der Waals surface area contributed by atoms with Crippen molar-refractivity contribution in [3.63, 3.8) is 0 Å². The molecule has 0 N–H and O–H groups in total. The Kier molecular flexibility index (Phi) is 6.26. The van der Waals surface area contributed by atoms with Crippen LogP contribution in [-0.4, -0.2) is 29.8 Å². The second-order valence-corrected chi connectivity index (χ2v) is 9.62. The van der Waals surface area contributed by atoms with Crippen molar-refractivity contribution in [3.05, 3.63) is 88.3 Å². The second kappa shape index (κ2) is 9.47. The molecular formula is C25H19ClN2O3S2. The van der Waals surface area contributed by atoms with Gasteiger partial charge in [0.05, 0.1) is 11.4 Å². The molecule has 5 rings (SSSR count). The van der Waals surface area contributed by atoms with Gasteiger partial charge in [-0.25, -0.2) is 0 Å². The summed E-state index contributed by atoms with van der Waals surface area (Å²) in [5.41, 5.74) is 0.937. The molecule has 0 radical (unpaired) electrons. The van der Waals surface area contributed by atoms with Gasteiger partial charge >= 0.3 is 0 Å². The van der Waals surface area contributed by atoms with Gasteiger partial charge in [0, 0.05) is 15.0 Å². The van der Waals surface area contributed by atoms with Crippen molar-refractivity contribution in [2.24, 2.45) is 5.10 Å². The number of nitrogens with zero attached hydrogens (tertiary/aromatic N) is 2. The van der Waals surface area contributed by atoms with Crippen LogP contribution < -0.4 is 4.74 Å². The number of thiophene rings is 1. The molecule has 0 saturated carbocycles. The second-order valence-electron chi connectivity index (χ2n) is 7.31. The van der Waals surface area contributed by atoms with Crippen molar-refractivity contribution in [2.75, 3.05) is 13.0 Å². The number of halogens is 1. The number of para-hydroxylation sites is 1. The van der Waals surface area contributed by atoms with Crippen LogP contribution in [-0.2, 0) is 16.0 Å². The SMILES string of the molecule is CSc1ccc(CC(=O)N2COC(c3sc4ccc(Oc5ccccc5)cc4c3Cl)=N2)cc1. The number of carbonyl (C=O) groups excluding carboxylic acids is 1. The largest absolute Gasteiger partial charge is 0.457 e. The number of amides is 1. The molecule has 0 saturated heterocycles. The Hall–Kier alpha value is -3.00. The Morgan fingerprint density at radius 2 is 1.91 bits per heavy atom. The van der Waals surface area contributed by atoms with E-state index in [0.717, 1.165) is 26.3 Å². The fourth-order valence-corrected chi connectivity index (χ4v) is 5.24. The summed E-state index contributed by atoms with van der Waals surface area (Å²) in [5, 5.41) is 7.15. The molecule has 0 aliphatic carbocycles. The van der Waals surface area contributed by atoms with Crippen LogP contribution in [0, 0.1) is 0 Å². The molecule has 8 heteroatoms. The minimum absolute atomic E-state index is 0.0734. The molecular weight excluding hydrogens is 476 g/mol. The minimum Gasteiger partial charge on any atom is -0.457 e. The third-order valence-electron chi connectivity index (χ3n) is 5.11. The van der Waals surface area contributed by atoms with Crippen LogP contribution >= 0.6 is 34.7 Å². The van der Waals surface area contributed by atoms with E-state index in [9.17, 15) is 4.79 Å². The maximum atomic E-state index is 12.7. The van der Waals surface area contributed by atoms with Gasteiger partial charge in [0.2, 0.25) is 5.91 Å². The van der Waals surface area contributed by atoms with Crippen LogP contribution in [0.25, 0.3) is 10.1 Å². The van der Waals surface area contributed by atoms with Gasteiger partial charge < -0.3 is 9.47 Å². The maximum absolute atomic E-state index is 12.7. The standard InChI is InChI=1S/C25H19ClN2O3S2/c1-32-19-10-7-16(8-11-19)13-22(29)28-15-30-25(27-28)24-23(26)20-14-18(9-12-21(20)33-24)31-17-5-3-2-4-6-17/h2-12,14H,13,15H2,1H3. The van der Waals surface area contributed by atoms with Crippen LogP contribution in [0.4, 0.5) is 0 Å². The summed E-state index contributed by atoms with van der Waals surface area (Å²) in [6.07, 6.45) is 2.28. The van der Waals surface area contributed by atoms with Crippen LogP contribution in [0.5, 0.6) is 11.5 Å². The number of hydrogen-bond donors (Lipinski definition) is 0. The summed E-state index contributed by atoms with van der Waals surface area (Å²) in [4.78, 5) is 14.6. The monoisotopic (exact) mass is 494 g/mol. The molecule has 5 nitrogen and oxygen atoms in total. The molecule has 0 unspecified atom stereocenters. The number of fused-ring (bicyclic) bond motifs is 1. The Morgan fingerprint density at radius 3 is 2.67 bits per heavy atom. The zero-order valence-electron chi connectivity index (χ0n) is 17.7. The van der Waals surface area contributed by atoms with E-state index >= 15 is 0 Å². The lowest BCUT2D eigenvalue weighted by atomic mass is 10.1. The maximum Gasteiger partial charge on any atom is 0.252 e. The first kappa shape index (κ1) is 21.8. The van der Waals surface area contributed by atoms with Gasteiger partial charge in [-0.1, -0.05) is 41.9 Å². The first-order valence-corrected chi connectivity index (χ1v) is 12.6. The van der Waals surface area contributed by atoms with Gasteiger partial charge in [-0.2, -0.15) is 5.01 Å². The lowest BCUT2D eigenvalue weighted by Crippen LogP contribution is -2.25. The fraction of sp³-hybridized carbons (Fsp3) is 0.120. The van der Waals surface area contributed by atoms with Crippen molar-refractivity contribution < 1.29 is 14.3 Å². The average Bonchev–Trinajstić information content (AvgIpc) is 3.45.